The number of benzene rings is 1. The lowest BCUT2D eigenvalue weighted by Gasteiger charge is -2.28. The number of carbonyl (C=O) groups is 1. The van der Waals surface area contributed by atoms with Crippen LogP contribution >= 0.6 is 7.94 Å². The van der Waals surface area contributed by atoms with E-state index in [0.29, 0.717) is 30.2 Å². The molecule has 1 aromatic carbocycles. The average molecular weight is 435 g/mol. The minimum atomic E-state index is -3.58. The Kier molecular flexibility index (Phi) is 6.47. The first-order valence-electron chi connectivity index (χ1n) is 9.47. The van der Waals surface area contributed by atoms with Gasteiger partial charge in [-0.2, -0.15) is 13.9 Å². The van der Waals surface area contributed by atoms with Gasteiger partial charge in [0, 0.05) is 18.1 Å². The smallest absolute Gasteiger partial charge is 0.448 e. The van der Waals surface area contributed by atoms with Crippen LogP contribution in [0.4, 0.5) is 5.69 Å². The summed E-state index contributed by atoms with van der Waals surface area (Å²) in [4.78, 5) is 39.2. The zero-order valence-corrected chi connectivity index (χ0v) is 18.1. The molecule has 0 radical (unpaired) electrons. The maximum Gasteiger partial charge on any atom is 0.448 e. The zero-order valence-electron chi connectivity index (χ0n) is 17.2. The Morgan fingerprint density at radius 2 is 2.00 bits per heavy atom. The Morgan fingerprint density at radius 3 is 2.57 bits per heavy atom. The van der Waals surface area contributed by atoms with Gasteiger partial charge in [-0.3, -0.25) is 15.1 Å². The number of carbonyl (C=O) groups excluding carboxylic acids is 1. The Bertz CT molecular complexity index is 987. The molecule has 1 aromatic heterocycles. The molecule has 0 spiro atoms. The van der Waals surface area contributed by atoms with Crippen LogP contribution in [0.2, 0.25) is 0 Å². The Morgan fingerprint density at radius 1 is 1.33 bits per heavy atom. The van der Waals surface area contributed by atoms with Crippen molar-refractivity contribution >= 4 is 24.9 Å². The molecule has 1 N–H and O–H groups in total. The fraction of sp³-hybridized carbons (Fsp3) is 0.400. The maximum absolute atomic E-state index is 12.6. The normalized spacial score (nSPS) is 21.3. The van der Waals surface area contributed by atoms with Crippen molar-refractivity contribution in [3.8, 4) is 11.1 Å². The number of rotatable bonds is 5. The van der Waals surface area contributed by atoms with Crippen molar-refractivity contribution in [1.82, 2.24) is 4.98 Å². The summed E-state index contributed by atoms with van der Waals surface area (Å²) >= 11 is 0. The number of methoxy groups -OCH3 is 1. The first kappa shape index (κ1) is 22.2. The molecule has 1 saturated heterocycles. The van der Waals surface area contributed by atoms with Gasteiger partial charge in [-0.1, -0.05) is 19.1 Å². The highest BCUT2D eigenvalue weighted by Gasteiger charge is 2.53. The molecule has 0 saturated carbocycles. The highest BCUT2D eigenvalue weighted by atomic mass is 31.2. The standard InChI is InChI=1S/C20H24N2O7P/c1-5-14-10-28-30(26,29-11-14)19-13(3)21-12(2)17(20(23)27-4)18(19)15-7-6-8-16(9-15)22(24)25/h6-9,14,26H,5,10-11H2,1-4H3/q+1. The molecule has 0 aliphatic carbocycles. The van der Waals surface area contributed by atoms with Crippen LogP contribution in [0.3, 0.4) is 0 Å². The number of hydrogen-bond acceptors (Lipinski definition) is 8. The lowest BCUT2D eigenvalue weighted by atomic mass is 9.97. The first-order chi connectivity index (χ1) is 14.2. The number of hydrogen-bond donors (Lipinski definition) is 1. The predicted molar refractivity (Wildman–Crippen MR) is 112 cm³/mol. The Balaban J connectivity index is 2.31. The summed E-state index contributed by atoms with van der Waals surface area (Å²) < 4.78 is 16.5. The van der Waals surface area contributed by atoms with E-state index in [9.17, 15) is 19.8 Å². The summed E-state index contributed by atoms with van der Waals surface area (Å²) in [5.41, 5.74) is 1.40. The number of aromatic nitrogens is 1. The van der Waals surface area contributed by atoms with E-state index < -0.39 is 18.8 Å². The minimum absolute atomic E-state index is 0.108. The van der Waals surface area contributed by atoms with Gasteiger partial charge < -0.3 is 4.74 Å². The molecule has 10 heteroatoms. The monoisotopic (exact) mass is 435 g/mol. The van der Waals surface area contributed by atoms with Crippen molar-refractivity contribution in [2.24, 2.45) is 5.92 Å². The SMILES string of the molecule is CCC1CO[P+](O)(c2c(C)nc(C)c(C(=O)OC)c2-c2cccc([N+](=O)[O-])c2)OC1. The molecule has 30 heavy (non-hydrogen) atoms. The number of ether oxygens (including phenoxy) is 1. The first-order valence-corrected chi connectivity index (χ1v) is 11.0. The molecule has 1 fully saturated rings. The summed E-state index contributed by atoms with van der Waals surface area (Å²) in [6, 6.07) is 5.84. The molecule has 0 atom stereocenters. The van der Waals surface area contributed by atoms with Gasteiger partial charge in [0.15, 0.2) is 0 Å². The van der Waals surface area contributed by atoms with Gasteiger partial charge in [0.25, 0.3) is 5.69 Å². The fourth-order valence-corrected chi connectivity index (χ4v) is 5.60. The van der Waals surface area contributed by atoms with Crippen molar-refractivity contribution < 1.29 is 28.4 Å². The van der Waals surface area contributed by atoms with E-state index in [2.05, 4.69) is 4.98 Å². The number of aryl methyl sites for hydroxylation is 2. The van der Waals surface area contributed by atoms with Crippen LogP contribution in [0.5, 0.6) is 0 Å². The summed E-state index contributed by atoms with van der Waals surface area (Å²) in [7, 11) is -2.35. The molecule has 0 bridgehead atoms. The van der Waals surface area contributed by atoms with Gasteiger partial charge >= 0.3 is 13.9 Å². The number of nitrogens with zero attached hydrogens (tertiary/aromatic N) is 2. The van der Waals surface area contributed by atoms with Crippen LogP contribution < -0.4 is 5.30 Å². The maximum atomic E-state index is 12.6. The highest BCUT2D eigenvalue weighted by molar-refractivity contribution is 7.69. The van der Waals surface area contributed by atoms with E-state index in [1.807, 2.05) is 6.92 Å². The van der Waals surface area contributed by atoms with Gasteiger partial charge in [-0.05, 0) is 25.8 Å². The summed E-state index contributed by atoms with van der Waals surface area (Å²) in [6.07, 6.45) is 0.830. The molecular formula is C20H24N2O7P+. The van der Waals surface area contributed by atoms with E-state index in [4.69, 9.17) is 13.8 Å². The quantitative estimate of drug-likeness (QED) is 0.328. The van der Waals surface area contributed by atoms with Gasteiger partial charge in [0.1, 0.15) is 13.2 Å². The van der Waals surface area contributed by atoms with Crippen molar-refractivity contribution in [3.63, 3.8) is 0 Å². The largest absolute Gasteiger partial charge is 0.465 e. The van der Waals surface area contributed by atoms with Crippen molar-refractivity contribution in [1.29, 1.82) is 0 Å². The minimum Gasteiger partial charge on any atom is -0.465 e. The number of non-ortho nitro benzene ring substituents is 1. The van der Waals surface area contributed by atoms with E-state index in [1.54, 1.807) is 19.9 Å². The number of nitro benzene ring substituents is 1. The highest BCUT2D eigenvalue weighted by Crippen LogP contribution is 2.61. The molecule has 1 aliphatic rings. The van der Waals surface area contributed by atoms with Crippen molar-refractivity contribution in [2.75, 3.05) is 20.3 Å². The lowest BCUT2D eigenvalue weighted by molar-refractivity contribution is -0.384. The topological polar surface area (TPSA) is 121 Å². The van der Waals surface area contributed by atoms with Crippen LogP contribution in [0.15, 0.2) is 24.3 Å². The van der Waals surface area contributed by atoms with Gasteiger partial charge in [0.2, 0.25) is 5.30 Å². The van der Waals surface area contributed by atoms with E-state index in [-0.39, 0.29) is 28.0 Å². The second-order valence-electron chi connectivity index (χ2n) is 7.07. The number of nitro groups is 1. The van der Waals surface area contributed by atoms with Gasteiger partial charge in [0.05, 0.1) is 34.5 Å². The van der Waals surface area contributed by atoms with Crippen LogP contribution in [-0.4, -0.2) is 41.1 Å². The molecular weight excluding hydrogens is 411 g/mol. The summed E-state index contributed by atoms with van der Waals surface area (Å²) in [6.45, 7) is 5.93. The van der Waals surface area contributed by atoms with Gasteiger partial charge in [-0.25, -0.2) is 4.79 Å². The summed E-state index contributed by atoms with van der Waals surface area (Å²) in [5.74, 6) is -0.525. The van der Waals surface area contributed by atoms with Crippen molar-refractivity contribution in [3.05, 3.63) is 51.3 Å². The third-order valence-electron chi connectivity index (χ3n) is 5.09. The van der Waals surface area contributed by atoms with Gasteiger partial charge in [-0.15, -0.1) is 0 Å². The van der Waals surface area contributed by atoms with E-state index in [0.717, 1.165) is 6.42 Å². The Labute approximate surface area is 174 Å². The predicted octanol–water partition coefficient (Wildman–Crippen LogP) is 3.51. The van der Waals surface area contributed by atoms with Crippen LogP contribution in [0.1, 0.15) is 35.1 Å². The van der Waals surface area contributed by atoms with Crippen LogP contribution in [0, 0.1) is 29.9 Å². The van der Waals surface area contributed by atoms with Crippen molar-refractivity contribution in [2.45, 2.75) is 27.2 Å². The molecule has 0 amide bonds. The third kappa shape index (κ3) is 4.06. The average Bonchev–Trinajstić information content (AvgIpc) is 2.73. The second kappa shape index (κ2) is 8.73. The van der Waals surface area contributed by atoms with E-state index >= 15 is 0 Å². The number of esters is 1. The van der Waals surface area contributed by atoms with Crippen LogP contribution in [-0.2, 0) is 13.8 Å². The third-order valence-corrected chi connectivity index (χ3v) is 7.20. The molecule has 2 heterocycles. The molecule has 1 aliphatic heterocycles. The second-order valence-corrected chi connectivity index (χ2v) is 9.07. The zero-order chi connectivity index (χ0) is 22.1. The molecule has 9 nitrogen and oxygen atoms in total. The number of pyridine rings is 1. The molecule has 2 aromatic rings. The van der Waals surface area contributed by atoms with Crippen LogP contribution in [0.25, 0.3) is 11.1 Å². The molecule has 160 valence electrons. The molecule has 3 rings (SSSR count). The lowest BCUT2D eigenvalue weighted by Crippen LogP contribution is -2.32. The Hall–Kier alpha value is -2.45. The fourth-order valence-electron chi connectivity index (χ4n) is 3.46. The van der Waals surface area contributed by atoms with E-state index in [1.165, 1.54) is 25.3 Å². The summed E-state index contributed by atoms with van der Waals surface area (Å²) in [5, 5.41) is 11.6. The molecule has 0 unspecified atom stereocenters.